The van der Waals surface area contributed by atoms with Gasteiger partial charge in [0.25, 0.3) is 0 Å². The van der Waals surface area contributed by atoms with Crippen LogP contribution in [0.5, 0.6) is 0 Å². The second kappa shape index (κ2) is 8.24. The van der Waals surface area contributed by atoms with E-state index in [-0.39, 0.29) is 24.0 Å². The lowest BCUT2D eigenvalue weighted by Crippen LogP contribution is -2.58. The van der Waals surface area contributed by atoms with Crippen molar-refractivity contribution >= 4 is 34.4 Å². The highest BCUT2D eigenvalue weighted by Gasteiger charge is 2.31. The number of hydrogen-bond acceptors (Lipinski definition) is 5. The normalized spacial score (nSPS) is 23.7. The third kappa shape index (κ3) is 3.87. The molecular formula is C22H25ClN6O. The van der Waals surface area contributed by atoms with Crippen LogP contribution in [0.25, 0.3) is 22.2 Å². The monoisotopic (exact) mass is 424 g/mol. The third-order valence-corrected chi connectivity index (χ3v) is 6.32. The number of rotatable bonds is 5. The van der Waals surface area contributed by atoms with Crippen LogP contribution in [0, 0.1) is 0 Å². The predicted octanol–water partition coefficient (Wildman–Crippen LogP) is 3.48. The van der Waals surface area contributed by atoms with Gasteiger partial charge in [-0.05, 0) is 55.6 Å². The number of fused-ring (bicyclic) bond motifs is 1. The first-order valence-electron chi connectivity index (χ1n) is 10.6. The number of anilines is 1. The molecule has 30 heavy (non-hydrogen) atoms. The Kier molecular flexibility index (Phi) is 5.31. The molecule has 1 saturated carbocycles. The van der Waals surface area contributed by atoms with Gasteiger partial charge in [-0.15, -0.1) is 0 Å². The third-order valence-electron chi connectivity index (χ3n) is 6.12. The quantitative estimate of drug-likeness (QED) is 0.470. The number of carbonyl (C=O) groups excluding carboxylic acids is 1. The van der Waals surface area contributed by atoms with Crippen molar-refractivity contribution in [1.29, 1.82) is 0 Å². The zero-order valence-corrected chi connectivity index (χ0v) is 17.4. The number of nitrogens with one attached hydrogen (secondary N) is 4. The maximum atomic E-state index is 12.4. The van der Waals surface area contributed by atoms with Crippen molar-refractivity contribution in [3.8, 4) is 11.1 Å². The van der Waals surface area contributed by atoms with Crippen LogP contribution in [-0.4, -0.2) is 45.5 Å². The van der Waals surface area contributed by atoms with Crippen LogP contribution in [-0.2, 0) is 4.79 Å². The number of carbonyl (C=O) groups is 1. The summed E-state index contributed by atoms with van der Waals surface area (Å²) in [7, 11) is 0. The van der Waals surface area contributed by atoms with Crippen LogP contribution in [0.15, 0.2) is 36.7 Å². The van der Waals surface area contributed by atoms with Gasteiger partial charge in [-0.25, -0.2) is 9.97 Å². The molecule has 3 atom stereocenters. The van der Waals surface area contributed by atoms with Crippen molar-refractivity contribution in [1.82, 2.24) is 25.6 Å². The van der Waals surface area contributed by atoms with Gasteiger partial charge in [-0.3, -0.25) is 4.79 Å². The van der Waals surface area contributed by atoms with E-state index in [2.05, 4.69) is 30.9 Å². The topological polar surface area (TPSA) is 94.7 Å². The number of hydrogen-bond donors (Lipinski definition) is 4. The molecule has 3 aromatic rings. The van der Waals surface area contributed by atoms with Gasteiger partial charge in [0.15, 0.2) is 0 Å². The van der Waals surface area contributed by atoms with Crippen LogP contribution in [0.2, 0.25) is 5.15 Å². The van der Waals surface area contributed by atoms with E-state index < -0.39 is 0 Å². The summed E-state index contributed by atoms with van der Waals surface area (Å²) in [4.78, 5) is 24.5. The van der Waals surface area contributed by atoms with Crippen molar-refractivity contribution in [3.63, 3.8) is 0 Å². The van der Waals surface area contributed by atoms with Gasteiger partial charge in [0.05, 0.1) is 6.04 Å². The molecule has 7 nitrogen and oxygen atoms in total. The molecule has 0 spiro atoms. The minimum Gasteiger partial charge on any atom is -0.365 e. The van der Waals surface area contributed by atoms with Crippen LogP contribution in [0.1, 0.15) is 32.1 Å². The van der Waals surface area contributed by atoms with E-state index in [0.29, 0.717) is 5.15 Å². The Morgan fingerprint density at radius 2 is 2.00 bits per heavy atom. The Hall–Kier alpha value is -2.64. The predicted molar refractivity (Wildman–Crippen MR) is 119 cm³/mol. The molecular weight excluding hydrogens is 400 g/mol. The fourth-order valence-corrected chi connectivity index (χ4v) is 4.59. The van der Waals surface area contributed by atoms with E-state index in [9.17, 15) is 4.79 Å². The van der Waals surface area contributed by atoms with Gasteiger partial charge in [0.2, 0.25) is 5.91 Å². The lowest BCUT2D eigenvalue weighted by Gasteiger charge is -2.35. The molecule has 1 amide bonds. The summed E-state index contributed by atoms with van der Waals surface area (Å²) < 4.78 is 0. The highest BCUT2D eigenvalue weighted by molar-refractivity contribution is 6.29. The minimum atomic E-state index is -0.0426. The lowest BCUT2D eigenvalue weighted by molar-refractivity contribution is -0.125. The van der Waals surface area contributed by atoms with Gasteiger partial charge in [0.1, 0.15) is 16.6 Å². The molecule has 1 unspecified atom stereocenters. The van der Waals surface area contributed by atoms with Crippen LogP contribution < -0.4 is 16.0 Å². The number of pyridine rings is 2. The molecule has 4 heterocycles. The fourth-order valence-electron chi connectivity index (χ4n) is 4.38. The van der Waals surface area contributed by atoms with Crippen molar-refractivity contribution in [3.05, 3.63) is 41.8 Å². The standard InChI is InChI=1S/C22H25ClN6O/c23-19-10-13(15-12-26-21-14(15)4-3-8-25-21)11-20(29-19)27-16-5-1-2-6-17(16)28-22(30)18-7-9-24-18/h3-4,8,10-12,16-18,24H,1-2,5-7,9H2,(H,25,26)(H,27,29)(H,28,30)/t16-,17-,18?/m1/s1. The number of H-pyrrole nitrogens is 1. The van der Waals surface area contributed by atoms with E-state index in [1.165, 1.54) is 0 Å². The highest BCUT2D eigenvalue weighted by atomic mass is 35.5. The Morgan fingerprint density at radius 3 is 2.80 bits per heavy atom. The summed E-state index contributed by atoms with van der Waals surface area (Å²) in [5.74, 6) is 0.828. The van der Waals surface area contributed by atoms with Crippen molar-refractivity contribution < 1.29 is 4.79 Å². The summed E-state index contributed by atoms with van der Waals surface area (Å²) in [5.41, 5.74) is 2.86. The minimum absolute atomic E-state index is 0.0426. The molecule has 1 aliphatic heterocycles. The maximum absolute atomic E-state index is 12.4. The molecule has 3 aromatic heterocycles. The second-order valence-corrected chi connectivity index (χ2v) is 8.50. The molecule has 156 valence electrons. The first-order chi connectivity index (χ1) is 14.7. The molecule has 1 aliphatic carbocycles. The molecule has 2 fully saturated rings. The van der Waals surface area contributed by atoms with E-state index in [0.717, 1.165) is 66.6 Å². The van der Waals surface area contributed by atoms with E-state index in [1.807, 2.05) is 30.5 Å². The summed E-state index contributed by atoms with van der Waals surface area (Å²) in [6, 6.07) is 8.03. The van der Waals surface area contributed by atoms with Crippen LogP contribution >= 0.6 is 11.6 Å². The molecule has 2 aliphatic rings. The molecule has 1 saturated heterocycles. The van der Waals surface area contributed by atoms with Crippen molar-refractivity contribution in [2.75, 3.05) is 11.9 Å². The molecule has 5 rings (SSSR count). The Labute approximate surface area is 180 Å². The average molecular weight is 425 g/mol. The smallest absolute Gasteiger partial charge is 0.237 e. The Bertz CT molecular complexity index is 1060. The summed E-state index contributed by atoms with van der Waals surface area (Å²) in [5, 5.41) is 11.4. The van der Waals surface area contributed by atoms with Gasteiger partial charge in [-0.2, -0.15) is 0 Å². The zero-order chi connectivity index (χ0) is 20.5. The largest absolute Gasteiger partial charge is 0.365 e. The first-order valence-corrected chi connectivity index (χ1v) is 11.0. The highest BCUT2D eigenvalue weighted by Crippen LogP contribution is 2.31. The van der Waals surface area contributed by atoms with Gasteiger partial charge in [0, 0.05) is 35.4 Å². The van der Waals surface area contributed by atoms with Gasteiger partial charge >= 0.3 is 0 Å². The number of aromatic nitrogens is 3. The molecule has 4 N–H and O–H groups in total. The van der Waals surface area contributed by atoms with Gasteiger partial charge in [-0.1, -0.05) is 24.4 Å². The fraction of sp³-hybridized carbons (Fsp3) is 0.409. The van der Waals surface area contributed by atoms with Crippen molar-refractivity contribution in [2.45, 2.75) is 50.2 Å². The number of amides is 1. The van der Waals surface area contributed by atoms with E-state index in [4.69, 9.17) is 11.6 Å². The molecule has 0 bridgehead atoms. The van der Waals surface area contributed by atoms with E-state index in [1.54, 1.807) is 6.20 Å². The molecule has 0 aromatic carbocycles. The van der Waals surface area contributed by atoms with E-state index >= 15 is 0 Å². The van der Waals surface area contributed by atoms with Crippen LogP contribution in [0.4, 0.5) is 5.82 Å². The average Bonchev–Trinajstić information content (AvgIpc) is 3.12. The van der Waals surface area contributed by atoms with Crippen LogP contribution in [0.3, 0.4) is 0 Å². The van der Waals surface area contributed by atoms with Crippen molar-refractivity contribution in [2.24, 2.45) is 0 Å². The second-order valence-electron chi connectivity index (χ2n) is 8.11. The summed E-state index contributed by atoms with van der Waals surface area (Å²) >= 11 is 6.37. The SMILES string of the molecule is O=C(N[C@@H]1CCCC[C@H]1Nc1cc(-c2c[nH]c3ncccc23)cc(Cl)n1)C1CCN1. The summed E-state index contributed by atoms with van der Waals surface area (Å²) in [6.45, 7) is 0.920. The molecule has 0 radical (unpaired) electrons. The maximum Gasteiger partial charge on any atom is 0.237 e. The summed E-state index contributed by atoms with van der Waals surface area (Å²) in [6.07, 6.45) is 8.84. The molecule has 8 heteroatoms. The van der Waals surface area contributed by atoms with Gasteiger partial charge < -0.3 is 20.9 Å². The number of nitrogens with zero attached hydrogens (tertiary/aromatic N) is 2. The number of aromatic amines is 1. The Morgan fingerprint density at radius 1 is 1.17 bits per heavy atom. The lowest BCUT2D eigenvalue weighted by atomic mass is 9.89. The zero-order valence-electron chi connectivity index (χ0n) is 16.6. The number of halogens is 1. The first kappa shape index (κ1) is 19.3. The Balaban J connectivity index is 1.37.